The molecule has 0 aliphatic carbocycles. The monoisotopic (exact) mass is 315 g/mol. The minimum Gasteiger partial charge on any atom is -0.368 e. The fraction of sp³-hybridized carbons (Fsp3) is 0.529. The Kier molecular flexibility index (Phi) is 5.00. The summed E-state index contributed by atoms with van der Waals surface area (Å²) in [5.41, 5.74) is 2.51. The van der Waals surface area contributed by atoms with Crippen LogP contribution in [0.2, 0.25) is 0 Å². The van der Waals surface area contributed by atoms with Gasteiger partial charge in [0, 0.05) is 58.4 Å². The SMILES string of the molecule is CC(=O)N1CCN(c2ccccc2CNC2=NCCCN2)CC1. The van der Waals surface area contributed by atoms with E-state index in [1.165, 1.54) is 11.3 Å². The second-order valence-corrected chi connectivity index (χ2v) is 5.99. The average Bonchev–Trinajstić information content (AvgIpc) is 2.61. The summed E-state index contributed by atoms with van der Waals surface area (Å²) < 4.78 is 0. The van der Waals surface area contributed by atoms with E-state index >= 15 is 0 Å². The molecular weight excluding hydrogens is 290 g/mol. The molecule has 0 bridgehead atoms. The van der Waals surface area contributed by atoms with Gasteiger partial charge >= 0.3 is 0 Å². The van der Waals surface area contributed by atoms with Gasteiger partial charge in [0.1, 0.15) is 0 Å². The molecule has 1 aromatic carbocycles. The molecule has 6 nitrogen and oxygen atoms in total. The molecule has 0 saturated carbocycles. The Hall–Kier alpha value is -2.24. The molecule has 0 radical (unpaired) electrons. The van der Waals surface area contributed by atoms with Gasteiger partial charge in [-0.15, -0.1) is 0 Å². The summed E-state index contributed by atoms with van der Waals surface area (Å²) in [5, 5.41) is 6.68. The van der Waals surface area contributed by atoms with Crippen molar-refractivity contribution in [2.24, 2.45) is 4.99 Å². The second-order valence-electron chi connectivity index (χ2n) is 5.99. The van der Waals surface area contributed by atoms with Gasteiger partial charge in [-0.1, -0.05) is 18.2 Å². The predicted molar refractivity (Wildman–Crippen MR) is 92.7 cm³/mol. The number of hydrogen-bond acceptors (Lipinski definition) is 5. The van der Waals surface area contributed by atoms with Gasteiger partial charge in [-0.3, -0.25) is 9.79 Å². The normalized spacial score (nSPS) is 18.2. The summed E-state index contributed by atoms with van der Waals surface area (Å²) >= 11 is 0. The summed E-state index contributed by atoms with van der Waals surface area (Å²) in [6, 6.07) is 8.47. The molecule has 2 heterocycles. The Morgan fingerprint density at radius 2 is 2.04 bits per heavy atom. The van der Waals surface area contributed by atoms with Crippen LogP contribution in [0.4, 0.5) is 5.69 Å². The number of anilines is 1. The number of para-hydroxylation sites is 1. The van der Waals surface area contributed by atoms with E-state index in [9.17, 15) is 4.79 Å². The fourth-order valence-electron chi connectivity index (χ4n) is 3.06. The lowest BCUT2D eigenvalue weighted by molar-refractivity contribution is -0.129. The highest BCUT2D eigenvalue weighted by Gasteiger charge is 2.20. The molecule has 124 valence electrons. The second kappa shape index (κ2) is 7.35. The third-order valence-corrected chi connectivity index (χ3v) is 4.40. The topological polar surface area (TPSA) is 60.0 Å². The molecule has 1 amide bonds. The highest BCUT2D eigenvalue weighted by atomic mass is 16.2. The Morgan fingerprint density at radius 1 is 1.26 bits per heavy atom. The molecule has 2 N–H and O–H groups in total. The average molecular weight is 315 g/mol. The first kappa shape index (κ1) is 15.6. The highest BCUT2D eigenvalue weighted by Crippen LogP contribution is 2.21. The first-order valence-electron chi connectivity index (χ1n) is 8.34. The van der Waals surface area contributed by atoms with E-state index in [2.05, 4.69) is 44.8 Å². The maximum absolute atomic E-state index is 11.5. The summed E-state index contributed by atoms with van der Waals surface area (Å²) in [5.74, 6) is 1.06. The van der Waals surface area contributed by atoms with E-state index in [4.69, 9.17) is 0 Å². The third-order valence-electron chi connectivity index (χ3n) is 4.40. The summed E-state index contributed by atoms with van der Waals surface area (Å²) in [6.07, 6.45) is 1.10. The Balaban J connectivity index is 1.64. The number of carbonyl (C=O) groups excluding carboxylic acids is 1. The fourth-order valence-corrected chi connectivity index (χ4v) is 3.06. The molecule has 0 spiro atoms. The van der Waals surface area contributed by atoms with Gasteiger partial charge in [0.2, 0.25) is 5.91 Å². The summed E-state index contributed by atoms with van der Waals surface area (Å²) in [4.78, 5) is 20.2. The first-order valence-corrected chi connectivity index (χ1v) is 8.34. The van der Waals surface area contributed by atoms with Gasteiger partial charge < -0.3 is 20.4 Å². The molecular formula is C17H25N5O. The van der Waals surface area contributed by atoms with Gasteiger partial charge in [-0.05, 0) is 18.1 Å². The van der Waals surface area contributed by atoms with E-state index < -0.39 is 0 Å². The number of hydrogen-bond donors (Lipinski definition) is 2. The van der Waals surface area contributed by atoms with E-state index in [1.54, 1.807) is 6.92 Å². The maximum Gasteiger partial charge on any atom is 0.219 e. The van der Waals surface area contributed by atoms with Gasteiger partial charge in [0.15, 0.2) is 5.96 Å². The number of guanidine groups is 1. The van der Waals surface area contributed by atoms with Crippen LogP contribution >= 0.6 is 0 Å². The van der Waals surface area contributed by atoms with Crippen molar-refractivity contribution < 1.29 is 4.79 Å². The molecule has 23 heavy (non-hydrogen) atoms. The number of benzene rings is 1. The minimum absolute atomic E-state index is 0.168. The van der Waals surface area contributed by atoms with Crippen molar-refractivity contribution >= 4 is 17.6 Å². The lowest BCUT2D eigenvalue weighted by Gasteiger charge is -2.36. The van der Waals surface area contributed by atoms with Crippen LogP contribution in [0.25, 0.3) is 0 Å². The molecule has 1 saturated heterocycles. The predicted octanol–water partition coefficient (Wildman–Crippen LogP) is 0.794. The smallest absolute Gasteiger partial charge is 0.219 e. The number of amides is 1. The highest BCUT2D eigenvalue weighted by molar-refractivity contribution is 5.80. The van der Waals surface area contributed by atoms with Crippen molar-refractivity contribution in [1.29, 1.82) is 0 Å². The van der Waals surface area contributed by atoms with Crippen LogP contribution in [0, 0.1) is 0 Å². The Morgan fingerprint density at radius 3 is 2.74 bits per heavy atom. The van der Waals surface area contributed by atoms with Crippen LogP contribution in [0.1, 0.15) is 18.9 Å². The molecule has 2 aliphatic heterocycles. The van der Waals surface area contributed by atoms with Crippen LogP contribution in [0.15, 0.2) is 29.3 Å². The van der Waals surface area contributed by atoms with Gasteiger partial charge in [0.25, 0.3) is 0 Å². The zero-order chi connectivity index (χ0) is 16.1. The Labute approximate surface area is 137 Å². The number of piperazine rings is 1. The van der Waals surface area contributed by atoms with Gasteiger partial charge in [-0.2, -0.15) is 0 Å². The molecule has 3 rings (SSSR count). The molecule has 0 atom stereocenters. The quantitative estimate of drug-likeness (QED) is 0.866. The van der Waals surface area contributed by atoms with E-state index in [0.29, 0.717) is 0 Å². The zero-order valence-electron chi connectivity index (χ0n) is 13.7. The number of carbonyl (C=O) groups is 1. The van der Waals surface area contributed by atoms with Crippen molar-refractivity contribution in [3.05, 3.63) is 29.8 Å². The third kappa shape index (κ3) is 3.94. The maximum atomic E-state index is 11.5. The van der Waals surface area contributed by atoms with Crippen molar-refractivity contribution in [3.63, 3.8) is 0 Å². The van der Waals surface area contributed by atoms with E-state index in [-0.39, 0.29) is 5.91 Å². The lowest BCUT2D eigenvalue weighted by Crippen LogP contribution is -2.48. The minimum atomic E-state index is 0.168. The van der Waals surface area contributed by atoms with Crippen molar-refractivity contribution in [2.45, 2.75) is 19.9 Å². The van der Waals surface area contributed by atoms with Crippen LogP contribution < -0.4 is 15.5 Å². The van der Waals surface area contributed by atoms with Crippen LogP contribution in [-0.2, 0) is 11.3 Å². The molecule has 2 aliphatic rings. The van der Waals surface area contributed by atoms with Crippen LogP contribution in [-0.4, -0.2) is 56.0 Å². The largest absolute Gasteiger partial charge is 0.368 e. The van der Waals surface area contributed by atoms with Crippen molar-refractivity contribution in [3.8, 4) is 0 Å². The van der Waals surface area contributed by atoms with E-state index in [1.807, 2.05) is 4.90 Å². The zero-order valence-corrected chi connectivity index (χ0v) is 13.7. The van der Waals surface area contributed by atoms with E-state index in [0.717, 1.165) is 58.2 Å². The summed E-state index contributed by atoms with van der Waals surface area (Å²) in [6.45, 7) is 7.65. The van der Waals surface area contributed by atoms with Crippen LogP contribution in [0.5, 0.6) is 0 Å². The number of aliphatic imine (C=N–C) groups is 1. The van der Waals surface area contributed by atoms with Crippen LogP contribution in [0.3, 0.4) is 0 Å². The number of rotatable bonds is 3. The number of nitrogens with zero attached hydrogens (tertiary/aromatic N) is 3. The van der Waals surface area contributed by atoms with Crippen molar-refractivity contribution in [2.75, 3.05) is 44.2 Å². The molecule has 0 aromatic heterocycles. The van der Waals surface area contributed by atoms with Gasteiger partial charge in [-0.25, -0.2) is 0 Å². The Bertz CT molecular complexity index is 578. The molecule has 1 fully saturated rings. The molecule has 6 heteroatoms. The standard InChI is InChI=1S/C17H25N5O/c1-14(23)21-9-11-22(12-10-21)16-6-3-2-5-15(16)13-20-17-18-7-4-8-19-17/h2-3,5-6H,4,7-13H2,1H3,(H2,18,19,20). The van der Waals surface area contributed by atoms with Crippen molar-refractivity contribution in [1.82, 2.24) is 15.5 Å². The molecule has 0 unspecified atom stereocenters. The number of nitrogens with one attached hydrogen (secondary N) is 2. The summed E-state index contributed by atoms with van der Waals surface area (Å²) in [7, 11) is 0. The van der Waals surface area contributed by atoms with Gasteiger partial charge in [0.05, 0.1) is 0 Å². The first-order chi connectivity index (χ1) is 11.2. The lowest BCUT2D eigenvalue weighted by atomic mass is 10.1. The molecule has 1 aromatic rings.